The molecule has 32 heavy (non-hydrogen) atoms. The van der Waals surface area contributed by atoms with Crippen molar-refractivity contribution in [2.45, 2.75) is 6.92 Å². The van der Waals surface area contributed by atoms with E-state index in [0.29, 0.717) is 22.7 Å². The van der Waals surface area contributed by atoms with E-state index < -0.39 is 22.0 Å². The number of carbonyl (C=O) groups excluding carboxylic acids is 2. The third-order valence-corrected chi connectivity index (χ3v) is 5.66. The summed E-state index contributed by atoms with van der Waals surface area (Å²) >= 11 is 0. The number of para-hydroxylation sites is 2. The summed E-state index contributed by atoms with van der Waals surface area (Å²) in [5, 5.41) is 8.09. The number of urea groups is 1. The molecule has 0 atom stereocenters. The number of carbonyl (C=O) groups is 2. The number of nitrogens with one attached hydrogen (secondary N) is 3. The van der Waals surface area contributed by atoms with Gasteiger partial charge in [-0.05, 0) is 55.0 Å². The first kappa shape index (κ1) is 22.8. The quantitative estimate of drug-likeness (QED) is 0.503. The Morgan fingerprint density at radius 1 is 0.750 bits per heavy atom. The molecule has 0 spiro atoms. The Kier molecular flexibility index (Phi) is 7.11. The van der Waals surface area contributed by atoms with Gasteiger partial charge in [0.1, 0.15) is 6.54 Å². The van der Waals surface area contributed by atoms with Gasteiger partial charge in [-0.3, -0.25) is 9.10 Å². The molecule has 0 unspecified atom stereocenters. The number of amides is 3. The Morgan fingerprint density at radius 2 is 1.25 bits per heavy atom. The Bertz CT molecular complexity index is 1200. The fourth-order valence-corrected chi connectivity index (χ4v) is 3.92. The molecule has 9 heteroatoms. The normalized spacial score (nSPS) is 10.8. The van der Waals surface area contributed by atoms with Gasteiger partial charge >= 0.3 is 6.03 Å². The zero-order valence-electron chi connectivity index (χ0n) is 17.7. The molecule has 0 aliphatic carbocycles. The molecule has 3 amide bonds. The topological polar surface area (TPSA) is 108 Å². The monoisotopic (exact) mass is 452 g/mol. The molecule has 0 fully saturated rings. The van der Waals surface area contributed by atoms with Crippen LogP contribution in [0.15, 0.2) is 78.9 Å². The van der Waals surface area contributed by atoms with Crippen molar-refractivity contribution in [2.24, 2.45) is 0 Å². The van der Waals surface area contributed by atoms with Crippen LogP contribution in [0.2, 0.25) is 0 Å². The van der Waals surface area contributed by atoms with Gasteiger partial charge in [0.25, 0.3) is 0 Å². The number of nitrogens with zero attached hydrogens (tertiary/aromatic N) is 1. The highest BCUT2D eigenvalue weighted by Crippen LogP contribution is 2.22. The van der Waals surface area contributed by atoms with Crippen LogP contribution in [0.3, 0.4) is 0 Å². The van der Waals surface area contributed by atoms with Crippen molar-refractivity contribution >= 4 is 44.7 Å². The number of anilines is 4. The van der Waals surface area contributed by atoms with E-state index in [9.17, 15) is 18.0 Å². The molecule has 0 radical (unpaired) electrons. The minimum Gasteiger partial charge on any atom is -0.325 e. The molecule has 0 saturated carbocycles. The van der Waals surface area contributed by atoms with Gasteiger partial charge in [-0.25, -0.2) is 13.2 Å². The van der Waals surface area contributed by atoms with Gasteiger partial charge in [-0.15, -0.1) is 0 Å². The lowest BCUT2D eigenvalue weighted by Gasteiger charge is -2.23. The molecule has 3 aromatic rings. The van der Waals surface area contributed by atoms with Crippen molar-refractivity contribution in [3.05, 3.63) is 84.4 Å². The van der Waals surface area contributed by atoms with E-state index in [1.807, 2.05) is 18.2 Å². The Morgan fingerprint density at radius 3 is 1.81 bits per heavy atom. The van der Waals surface area contributed by atoms with Crippen molar-refractivity contribution in [3.8, 4) is 0 Å². The van der Waals surface area contributed by atoms with Crippen molar-refractivity contribution in [1.82, 2.24) is 0 Å². The number of aryl methyl sites for hydroxylation is 1. The molecule has 3 N–H and O–H groups in total. The predicted octanol–water partition coefficient (Wildman–Crippen LogP) is 4.04. The van der Waals surface area contributed by atoms with Crippen LogP contribution in [0.1, 0.15) is 5.56 Å². The molecular formula is C23H24N4O4S. The molecule has 0 saturated heterocycles. The van der Waals surface area contributed by atoms with E-state index in [1.165, 1.54) is 0 Å². The standard InChI is InChI=1S/C23H24N4O4S/c1-17-8-6-7-11-21(17)27(32(2,30)31)16-22(28)24-19-12-14-20(15-13-19)26-23(29)25-18-9-4-3-5-10-18/h3-15H,16H2,1-2H3,(H,24,28)(H2,25,26,29). The number of benzene rings is 3. The van der Waals surface area contributed by atoms with Crippen LogP contribution < -0.4 is 20.3 Å². The summed E-state index contributed by atoms with van der Waals surface area (Å²) < 4.78 is 25.6. The summed E-state index contributed by atoms with van der Waals surface area (Å²) in [4.78, 5) is 24.6. The number of hydrogen-bond acceptors (Lipinski definition) is 4. The minimum atomic E-state index is -3.66. The van der Waals surface area contributed by atoms with Crippen molar-refractivity contribution in [1.29, 1.82) is 0 Å². The van der Waals surface area contributed by atoms with Crippen LogP contribution >= 0.6 is 0 Å². The maximum atomic E-state index is 12.5. The Labute approximate surface area is 187 Å². The van der Waals surface area contributed by atoms with Gasteiger partial charge in [0.05, 0.1) is 11.9 Å². The van der Waals surface area contributed by atoms with Crippen LogP contribution in [0.5, 0.6) is 0 Å². The molecule has 0 aromatic heterocycles. The predicted molar refractivity (Wildman–Crippen MR) is 128 cm³/mol. The van der Waals surface area contributed by atoms with E-state index in [4.69, 9.17) is 0 Å². The SMILES string of the molecule is Cc1ccccc1N(CC(=O)Nc1ccc(NC(=O)Nc2ccccc2)cc1)S(C)(=O)=O. The van der Waals surface area contributed by atoms with E-state index in [2.05, 4.69) is 16.0 Å². The first-order chi connectivity index (χ1) is 15.2. The molecule has 3 aromatic carbocycles. The minimum absolute atomic E-state index is 0.358. The average Bonchev–Trinajstić information content (AvgIpc) is 2.74. The van der Waals surface area contributed by atoms with Gasteiger partial charge in [0.15, 0.2) is 0 Å². The van der Waals surface area contributed by atoms with E-state index in [0.717, 1.165) is 16.1 Å². The molecule has 166 valence electrons. The van der Waals surface area contributed by atoms with Gasteiger partial charge in [0, 0.05) is 17.1 Å². The molecule has 0 aliphatic rings. The molecule has 8 nitrogen and oxygen atoms in total. The van der Waals surface area contributed by atoms with Gasteiger partial charge in [0.2, 0.25) is 15.9 Å². The smallest absolute Gasteiger partial charge is 0.323 e. The molecule has 0 bridgehead atoms. The summed E-state index contributed by atoms with van der Waals surface area (Å²) in [6.45, 7) is 1.42. The zero-order chi connectivity index (χ0) is 23.1. The van der Waals surface area contributed by atoms with Crippen molar-refractivity contribution in [3.63, 3.8) is 0 Å². The van der Waals surface area contributed by atoms with Crippen LogP contribution in [-0.2, 0) is 14.8 Å². The molecular weight excluding hydrogens is 428 g/mol. The van der Waals surface area contributed by atoms with Crippen LogP contribution in [0.25, 0.3) is 0 Å². The number of hydrogen-bond donors (Lipinski definition) is 3. The highest BCUT2D eigenvalue weighted by Gasteiger charge is 2.22. The fraction of sp³-hybridized carbons (Fsp3) is 0.130. The summed E-state index contributed by atoms with van der Waals surface area (Å²) in [6.07, 6.45) is 1.06. The summed E-state index contributed by atoms with van der Waals surface area (Å²) in [5.74, 6) is -0.485. The summed E-state index contributed by atoms with van der Waals surface area (Å²) in [7, 11) is -3.66. The Balaban J connectivity index is 1.61. The Hall–Kier alpha value is -3.85. The maximum absolute atomic E-state index is 12.5. The van der Waals surface area contributed by atoms with Crippen molar-refractivity contribution in [2.75, 3.05) is 33.1 Å². The highest BCUT2D eigenvalue weighted by atomic mass is 32.2. The second-order valence-corrected chi connectivity index (χ2v) is 9.03. The van der Waals surface area contributed by atoms with Crippen LogP contribution in [-0.4, -0.2) is 33.2 Å². The van der Waals surface area contributed by atoms with Gasteiger partial charge in [-0.1, -0.05) is 36.4 Å². The fourth-order valence-electron chi connectivity index (χ4n) is 3.01. The average molecular weight is 453 g/mol. The summed E-state index contributed by atoms with van der Waals surface area (Å²) in [5.41, 5.74) is 2.87. The van der Waals surface area contributed by atoms with E-state index >= 15 is 0 Å². The first-order valence-electron chi connectivity index (χ1n) is 9.79. The second kappa shape index (κ2) is 9.97. The van der Waals surface area contributed by atoms with Gasteiger partial charge in [-0.2, -0.15) is 0 Å². The maximum Gasteiger partial charge on any atom is 0.323 e. The third-order valence-electron chi connectivity index (χ3n) is 4.53. The largest absolute Gasteiger partial charge is 0.325 e. The molecule has 0 aliphatic heterocycles. The third kappa shape index (κ3) is 6.32. The lowest BCUT2D eigenvalue weighted by Crippen LogP contribution is -2.37. The van der Waals surface area contributed by atoms with E-state index in [-0.39, 0.29) is 6.54 Å². The molecule has 0 heterocycles. The lowest BCUT2D eigenvalue weighted by atomic mass is 10.2. The first-order valence-corrected chi connectivity index (χ1v) is 11.6. The van der Waals surface area contributed by atoms with Crippen LogP contribution in [0.4, 0.5) is 27.5 Å². The number of rotatable bonds is 7. The van der Waals surface area contributed by atoms with E-state index in [1.54, 1.807) is 67.6 Å². The van der Waals surface area contributed by atoms with Crippen molar-refractivity contribution < 1.29 is 18.0 Å². The van der Waals surface area contributed by atoms with Crippen LogP contribution in [0, 0.1) is 6.92 Å². The molecule has 3 rings (SSSR count). The van der Waals surface area contributed by atoms with Gasteiger partial charge < -0.3 is 16.0 Å². The number of sulfonamides is 1. The highest BCUT2D eigenvalue weighted by molar-refractivity contribution is 7.92. The lowest BCUT2D eigenvalue weighted by molar-refractivity contribution is -0.114. The summed E-state index contributed by atoms with van der Waals surface area (Å²) in [6, 6.07) is 22.1. The zero-order valence-corrected chi connectivity index (χ0v) is 18.5. The second-order valence-electron chi connectivity index (χ2n) is 7.13.